The van der Waals surface area contributed by atoms with E-state index in [1.54, 1.807) is 0 Å². The van der Waals surface area contributed by atoms with Crippen molar-refractivity contribution in [1.29, 1.82) is 0 Å². The molecule has 0 bridgehead atoms. The van der Waals surface area contributed by atoms with Crippen LogP contribution in [0, 0.1) is 75.7 Å². The molecule has 282 valence electrons. The smallest absolute Gasteiger partial charge is 0.212 e. The SMILES string of the molecule is Fc1c[c]([Al-]([c]2cc(F)c(F)c(F)c2)([c]2cc(F)c(F)c(F)c2)[c]2cc(F)c(F)c(F)c2)cc(F)c1F.c1ccc([C+](c2ccccc2)c2ccccc2)cc1. The van der Waals surface area contributed by atoms with Gasteiger partial charge in [-0.2, -0.15) is 0 Å². The quantitative estimate of drug-likeness (QED) is 0.0497. The first-order chi connectivity index (χ1) is 26.7. The van der Waals surface area contributed by atoms with Crippen molar-refractivity contribution >= 4 is 30.8 Å². The van der Waals surface area contributed by atoms with Crippen LogP contribution in [0.4, 0.5) is 52.7 Å². The molecule has 0 aromatic heterocycles. The molecular weight excluding hydrogens is 771 g/mol. The molecule has 0 nitrogen and oxygen atoms in total. The second-order valence-electron chi connectivity index (χ2n) is 12.5. The third kappa shape index (κ3) is 7.65. The summed E-state index contributed by atoms with van der Waals surface area (Å²) in [6.45, 7) is 0. The van der Waals surface area contributed by atoms with E-state index in [2.05, 4.69) is 91.0 Å². The second kappa shape index (κ2) is 16.5. The lowest BCUT2D eigenvalue weighted by atomic mass is 9.85. The largest absolute Gasteiger partial charge is 0.268 e. The van der Waals surface area contributed by atoms with Crippen molar-refractivity contribution in [2.24, 2.45) is 0 Å². The van der Waals surface area contributed by atoms with Crippen molar-refractivity contribution in [1.82, 2.24) is 0 Å². The minimum Gasteiger partial charge on any atom is -0.212 e. The van der Waals surface area contributed by atoms with Crippen molar-refractivity contribution in [3.63, 3.8) is 0 Å². The van der Waals surface area contributed by atoms with Gasteiger partial charge in [0.2, 0.25) is 0 Å². The molecule has 0 spiro atoms. The van der Waals surface area contributed by atoms with Crippen molar-refractivity contribution in [3.05, 3.63) is 232 Å². The van der Waals surface area contributed by atoms with Gasteiger partial charge in [-0.15, -0.1) is 0 Å². The molecule has 7 aromatic carbocycles. The number of hydrogen-bond acceptors (Lipinski definition) is 0. The van der Waals surface area contributed by atoms with Crippen LogP contribution in [0.15, 0.2) is 140 Å². The van der Waals surface area contributed by atoms with Gasteiger partial charge in [0.15, 0.2) is 69.8 Å². The number of halogens is 12. The summed E-state index contributed by atoms with van der Waals surface area (Å²) in [6, 6.07) is 33.4. The maximum absolute atomic E-state index is 14.4. The standard InChI is InChI=1S/C19H15.4C6H2F3.Al/c1-4-10-16(11-5-1)19(17-12-6-2-7-13-17)18-14-8-3-9-15-18;4*7-4-2-1-3-5(8)6(4)9;/h1-15H;4*2-3H;/q+1;;;;;-1. The average Bonchev–Trinajstić information content (AvgIpc) is 3.19. The fourth-order valence-corrected chi connectivity index (χ4v) is 12.2. The molecule has 0 heterocycles. The van der Waals surface area contributed by atoms with Gasteiger partial charge in [-0.3, -0.25) is 0 Å². The van der Waals surface area contributed by atoms with Crippen LogP contribution in [0.5, 0.6) is 0 Å². The Morgan fingerprint density at radius 1 is 0.268 bits per heavy atom. The van der Waals surface area contributed by atoms with Gasteiger partial charge < -0.3 is 0 Å². The highest BCUT2D eigenvalue weighted by atomic mass is 27.2. The third-order valence-corrected chi connectivity index (χ3v) is 14.5. The number of hydrogen-bond donors (Lipinski definition) is 0. The van der Waals surface area contributed by atoms with Crippen molar-refractivity contribution in [2.45, 2.75) is 0 Å². The lowest BCUT2D eigenvalue weighted by Gasteiger charge is -2.41. The summed E-state index contributed by atoms with van der Waals surface area (Å²) >= 11 is -5.67. The van der Waals surface area contributed by atoms with Gasteiger partial charge in [0.1, 0.15) is 0 Å². The fraction of sp³-hybridized carbons (Fsp3) is 0. The molecule has 0 N–H and O–H groups in total. The van der Waals surface area contributed by atoms with Crippen LogP contribution in [0.3, 0.4) is 0 Å². The molecular formula is C43H23AlF12. The van der Waals surface area contributed by atoms with E-state index >= 15 is 0 Å². The Morgan fingerprint density at radius 3 is 0.625 bits per heavy atom. The molecule has 0 amide bonds. The monoisotopic (exact) mass is 794 g/mol. The molecule has 0 fully saturated rings. The van der Waals surface area contributed by atoms with Crippen LogP contribution in [0.1, 0.15) is 16.7 Å². The predicted molar refractivity (Wildman–Crippen MR) is 189 cm³/mol. The van der Waals surface area contributed by atoms with E-state index in [0.717, 1.165) is 0 Å². The highest BCUT2D eigenvalue weighted by Crippen LogP contribution is 2.30. The second-order valence-corrected chi connectivity index (χ2v) is 16.9. The molecule has 0 aliphatic carbocycles. The molecule has 0 unspecified atom stereocenters. The van der Waals surface area contributed by atoms with Crippen molar-refractivity contribution < 1.29 is 52.7 Å². The van der Waals surface area contributed by atoms with Gasteiger partial charge in [-0.1, -0.05) is 66.7 Å². The molecule has 0 atom stereocenters. The number of benzene rings is 7. The highest BCUT2D eigenvalue weighted by Gasteiger charge is 2.41. The minimum atomic E-state index is -5.67. The van der Waals surface area contributed by atoms with Crippen LogP contribution in [0.25, 0.3) is 0 Å². The molecule has 0 saturated heterocycles. The predicted octanol–water partition coefficient (Wildman–Crippen LogP) is 9.44. The summed E-state index contributed by atoms with van der Waals surface area (Å²) in [7, 11) is 0. The first-order valence-electron chi connectivity index (χ1n) is 16.5. The Kier molecular flexibility index (Phi) is 11.7. The topological polar surface area (TPSA) is 0 Å². The molecule has 7 rings (SSSR count). The lowest BCUT2D eigenvalue weighted by molar-refractivity contribution is 0.447. The summed E-state index contributed by atoms with van der Waals surface area (Å²) in [5.74, 6) is -22.4. The molecule has 0 saturated carbocycles. The Labute approximate surface area is 314 Å². The number of rotatable bonds is 7. The first kappa shape index (κ1) is 39.8. The van der Waals surface area contributed by atoms with Gasteiger partial charge in [-0.05, 0) is 72.8 Å². The van der Waals surface area contributed by atoms with E-state index in [9.17, 15) is 52.7 Å². The van der Waals surface area contributed by atoms with Gasteiger partial charge in [-0.25, -0.2) is 70.4 Å². The Morgan fingerprint density at radius 2 is 0.446 bits per heavy atom. The summed E-state index contributed by atoms with van der Waals surface area (Å²) < 4.78 is 167. The summed E-state index contributed by atoms with van der Waals surface area (Å²) in [5.41, 5.74) is 3.75. The summed E-state index contributed by atoms with van der Waals surface area (Å²) in [5, 5.41) is 0. The van der Waals surface area contributed by atoms with E-state index < -0.39 is 101 Å². The van der Waals surface area contributed by atoms with Crippen LogP contribution < -0.4 is 17.7 Å². The van der Waals surface area contributed by atoms with Gasteiger partial charge in [0.25, 0.3) is 13.1 Å². The van der Waals surface area contributed by atoms with Crippen LogP contribution in [-0.4, -0.2) is 13.1 Å². The maximum Gasteiger partial charge on any atom is 0.268 e. The van der Waals surface area contributed by atoms with Crippen LogP contribution in [0.2, 0.25) is 0 Å². The summed E-state index contributed by atoms with van der Waals surface area (Å²) in [6.07, 6.45) is 0. The Bertz CT molecular complexity index is 2090. The zero-order chi connectivity index (χ0) is 40.3. The van der Waals surface area contributed by atoms with Gasteiger partial charge in [0.05, 0.1) is 22.6 Å². The Balaban J connectivity index is 0.000000233. The van der Waals surface area contributed by atoms with E-state index in [0.29, 0.717) is 0 Å². The van der Waals surface area contributed by atoms with E-state index in [4.69, 9.17) is 0 Å². The summed E-state index contributed by atoms with van der Waals surface area (Å²) in [4.78, 5) is 0. The zero-order valence-corrected chi connectivity index (χ0v) is 29.5. The lowest BCUT2D eigenvalue weighted by Crippen LogP contribution is -2.75. The Hall–Kier alpha value is -5.90. The third-order valence-electron chi connectivity index (χ3n) is 9.21. The van der Waals surface area contributed by atoms with Gasteiger partial charge in [0, 0.05) is 0 Å². The van der Waals surface area contributed by atoms with E-state index in [-0.39, 0.29) is 48.5 Å². The first-order valence-corrected chi connectivity index (χ1v) is 18.8. The van der Waals surface area contributed by atoms with E-state index in [1.165, 1.54) is 22.6 Å². The zero-order valence-electron chi connectivity index (χ0n) is 28.4. The highest BCUT2D eigenvalue weighted by molar-refractivity contribution is 7.19. The van der Waals surface area contributed by atoms with Crippen molar-refractivity contribution in [2.75, 3.05) is 0 Å². The van der Waals surface area contributed by atoms with E-state index in [1.807, 2.05) is 0 Å². The van der Waals surface area contributed by atoms with Crippen molar-refractivity contribution in [3.8, 4) is 0 Å². The van der Waals surface area contributed by atoms with Crippen LogP contribution >= 0.6 is 0 Å². The molecule has 7 aromatic rings. The minimum absolute atomic E-state index is 0.223. The van der Waals surface area contributed by atoms with Gasteiger partial charge >= 0.3 is 0 Å². The van der Waals surface area contributed by atoms with Crippen LogP contribution in [-0.2, 0) is 0 Å². The molecule has 13 heteroatoms. The normalized spacial score (nSPS) is 11.2. The fourth-order valence-electron chi connectivity index (χ4n) is 6.77. The maximum atomic E-state index is 14.4. The average molecular weight is 795 g/mol. The molecule has 56 heavy (non-hydrogen) atoms. The molecule has 0 radical (unpaired) electrons. The molecule has 0 aliphatic heterocycles. The molecule has 0 aliphatic rings.